The van der Waals surface area contributed by atoms with Crippen molar-refractivity contribution in [3.63, 3.8) is 0 Å². The van der Waals surface area contributed by atoms with E-state index >= 15 is 0 Å². The molecule has 3 fully saturated rings. The third-order valence-electron chi connectivity index (χ3n) is 8.23. The summed E-state index contributed by atoms with van der Waals surface area (Å²) in [5.41, 5.74) is 9.73. The highest BCUT2D eigenvalue weighted by atomic mass is 32.2. The summed E-state index contributed by atoms with van der Waals surface area (Å²) in [6.07, 6.45) is 12.8. The zero-order chi connectivity index (χ0) is 25.4. The first kappa shape index (κ1) is 24.6. The van der Waals surface area contributed by atoms with Gasteiger partial charge in [-0.05, 0) is 75.6 Å². The summed E-state index contributed by atoms with van der Waals surface area (Å²) in [5.74, 6) is 1.30. The van der Waals surface area contributed by atoms with E-state index in [0.717, 1.165) is 67.1 Å². The number of aromatic nitrogens is 3. The molecule has 0 radical (unpaired) electrons. The lowest BCUT2D eigenvalue weighted by Crippen LogP contribution is -2.33. The summed E-state index contributed by atoms with van der Waals surface area (Å²) in [6.45, 7) is 1.20. The molecule has 0 bridgehead atoms. The van der Waals surface area contributed by atoms with Gasteiger partial charge in [0.25, 0.3) is 0 Å². The van der Waals surface area contributed by atoms with Gasteiger partial charge in [-0.2, -0.15) is 4.31 Å². The predicted molar refractivity (Wildman–Crippen MR) is 146 cm³/mol. The fourth-order valence-electron chi connectivity index (χ4n) is 6.06. The van der Waals surface area contributed by atoms with Crippen molar-refractivity contribution in [2.45, 2.75) is 87.1 Å². The van der Waals surface area contributed by atoms with Gasteiger partial charge in [0.1, 0.15) is 5.82 Å². The van der Waals surface area contributed by atoms with E-state index in [1.807, 2.05) is 28.9 Å². The zero-order valence-electron chi connectivity index (χ0n) is 21.3. The van der Waals surface area contributed by atoms with Gasteiger partial charge in [-0.3, -0.25) is 0 Å². The van der Waals surface area contributed by atoms with Gasteiger partial charge in [-0.1, -0.05) is 12.8 Å². The van der Waals surface area contributed by atoms with Crippen molar-refractivity contribution in [1.29, 1.82) is 0 Å². The molecule has 198 valence electrons. The van der Waals surface area contributed by atoms with Crippen LogP contribution in [0.25, 0.3) is 5.65 Å². The molecular formula is C27H37N7O2S. The highest BCUT2D eigenvalue weighted by Gasteiger charge is 2.27. The minimum absolute atomic E-state index is 0.297. The molecular weight excluding hydrogens is 486 g/mol. The topological polar surface area (TPSA) is 118 Å². The predicted octanol–water partition coefficient (Wildman–Crippen LogP) is 4.60. The molecule has 37 heavy (non-hydrogen) atoms. The van der Waals surface area contributed by atoms with Gasteiger partial charge in [0.2, 0.25) is 10.0 Å². The van der Waals surface area contributed by atoms with Crippen molar-refractivity contribution in [3.8, 4) is 0 Å². The summed E-state index contributed by atoms with van der Waals surface area (Å²) in [4.78, 5) is 5.09. The first-order valence-electron chi connectivity index (χ1n) is 13.8. The zero-order valence-corrected chi connectivity index (χ0v) is 22.1. The lowest BCUT2D eigenvalue weighted by atomic mass is 9.92. The Kier molecular flexibility index (Phi) is 6.81. The van der Waals surface area contributed by atoms with Gasteiger partial charge in [0.15, 0.2) is 5.65 Å². The van der Waals surface area contributed by atoms with Crippen LogP contribution in [0.2, 0.25) is 0 Å². The number of nitrogens with one attached hydrogen (secondary N) is 2. The second kappa shape index (κ2) is 10.2. The van der Waals surface area contributed by atoms with Crippen LogP contribution in [-0.2, 0) is 10.0 Å². The summed E-state index contributed by atoms with van der Waals surface area (Å²) in [7, 11) is -3.44. The molecule has 2 aliphatic carbocycles. The summed E-state index contributed by atoms with van der Waals surface area (Å²) < 4.78 is 29.4. The van der Waals surface area contributed by atoms with Crippen LogP contribution >= 0.6 is 0 Å². The number of nitrogens with two attached hydrogens (primary N) is 1. The van der Waals surface area contributed by atoms with Crippen molar-refractivity contribution in [3.05, 3.63) is 42.2 Å². The van der Waals surface area contributed by atoms with E-state index < -0.39 is 10.0 Å². The SMILES string of the molecule is NC1CCC(Nc2cc(Nc3ccc(S(=O)(=O)N4CCCC4)cc3)c3ncc(C4CCCC4)n3n2)CC1. The maximum Gasteiger partial charge on any atom is 0.243 e. The van der Waals surface area contributed by atoms with Gasteiger partial charge in [-0.15, -0.1) is 5.10 Å². The van der Waals surface area contributed by atoms with Crippen LogP contribution < -0.4 is 16.4 Å². The molecule has 3 aromatic rings. The van der Waals surface area contributed by atoms with Gasteiger partial charge < -0.3 is 16.4 Å². The van der Waals surface area contributed by atoms with E-state index in [1.54, 1.807) is 16.4 Å². The largest absolute Gasteiger partial charge is 0.366 e. The number of rotatable bonds is 7. The van der Waals surface area contributed by atoms with Crippen LogP contribution in [0.5, 0.6) is 0 Å². The standard InChI is InChI=1S/C27H37N7O2S/c28-20-7-9-22(10-8-20)31-26-17-24(27-29-18-25(34(27)32-26)19-5-1-2-6-19)30-21-11-13-23(14-12-21)37(35,36)33-15-3-4-16-33/h11-14,17-20,22,30H,1-10,15-16,28H2,(H,31,32). The van der Waals surface area contributed by atoms with Crippen LogP contribution in [0.15, 0.2) is 41.4 Å². The Bertz CT molecular complexity index is 1340. The smallest absolute Gasteiger partial charge is 0.243 e. The van der Waals surface area contributed by atoms with Crippen molar-refractivity contribution in [2.24, 2.45) is 5.73 Å². The maximum atomic E-state index is 12.9. The fourth-order valence-corrected chi connectivity index (χ4v) is 7.58. The Morgan fingerprint density at radius 3 is 2.32 bits per heavy atom. The fraction of sp³-hybridized carbons (Fsp3) is 0.556. The number of sulfonamides is 1. The number of benzene rings is 1. The highest BCUT2D eigenvalue weighted by molar-refractivity contribution is 7.89. The van der Waals surface area contributed by atoms with E-state index in [0.29, 0.717) is 36.0 Å². The molecule has 4 N–H and O–H groups in total. The second-order valence-corrected chi connectivity index (χ2v) is 12.8. The number of hydrogen-bond acceptors (Lipinski definition) is 7. The number of hydrogen-bond donors (Lipinski definition) is 3. The summed E-state index contributed by atoms with van der Waals surface area (Å²) >= 11 is 0. The third kappa shape index (κ3) is 5.06. The van der Waals surface area contributed by atoms with Crippen molar-refractivity contribution >= 4 is 32.9 Å². The molecule has 0 amide bonds. The summed E-state index contributed by atoms with van der Waals surface area (Å²) in [6, 6.07) is 9.70. The Hall–Kier alpha value is -2.69. The normalized spacial score (nSPS) is 23.6. The van der Waals surface area contributed by atoms with Crippen LogP contribution in [0.4, 0.5) is 17.2 Å². The summed E-state index contributed by atoms with van der Waals surface area (Å²) in [5, 5.41) is 12.1. The molecule has 1 aliphatic heterocycles. The van der Waals surface area contributed by atoms with Crippen molar-refractivity contribution in [2.75, 3.05) is 23.7 Å². The number of imidazole rings is 1. The molecule has 10 heteroatoms. The Morgan fingerprint density at radius 2 is 1.62 bits per heavy atom. The van der Waals surface area contributed by atoms with E-state index in [9.17, 15) is 8.42 Å². The molecule has 0 atom stereocenters. The molecule has 9 nitrogen and oxygen atoms in total. The molecule has 2 saturated carbocycles. The minimum atomic E-state index is -3.44. The van der Waals surface area contributed by atoms with Crippen LogP contribution in [0.1, 0.15) is 75.8 Å². The average Bonchev–Trinajstić information content (AvgIpc) is 3.67. The highest BCUT2D eigenvalue weighted by Crippen LogP contribution is 2.36. The number of anilines is 3. The first-order valence-corrected chi connectivity index (χ1v) is 15.2. The molecule has 0 unspecified atom stereocenters. The van der Waals surface area contributed by atoms with E-state index in [-0.39, 0.29) is 0 Å². The molecule has 6 rings (SSSR count). The van der Waals surface area contributed by atoms with Gasteiger partial charge in [0, 0.05) is 42.8 Å². The average molecular weight is 524 g/mol. The number of fused-ring (bicyclic) bond motifs is 1. The van der Waals surface area contributed by atoms with E-state index in [2.05, 4.69) is 10.6 Å². The molecule has 3 aliphatic rings. The Balaban J connectivity index is 1.29. The maximum absolute atomic E-state index is 12.9. The molecule has 1 aromatic carbocycles. The molecule has 1 saturated heterocycles. The van der Waals surface area contributed by atoms with Crippen LogP contribution in [0.3, 0.4) is 0 Å². The van der Waals surface area contributed by atoms with Crippen molar-refractivity contribution in [1.82, 2.24) is 18.9 Å². The molecule has 3 heterocycles. The van der Waals surface area contributed by atoms with Crippen LogP contribution in [-0.4, -0.2) is 52.5 Å². The quantitative estimate of drug-likeness (QED) is 0.414. The van der Waals surface area contributed by atoms with Gasteiger partial charge in [0.05, 0.1) is 22.5 Å². The molecule has 2 aromatic heterocycles. The van der Waals surface area contributed by atoms with Gasteiger partial charge >= 0.3 is 0 Å². The number of nitrogens with zero attached hydrogens (tertiary/aromatic N) is 4. The minimum Gasteiger partial charge on any atom is -0.366 e. The Labute approximate surface area is 218 Å². The lowest BCUT2D eigenvalue weighted by Gasteiger charge is -2.27. The Morgan fingerprint density at radius 1 is 0.919 bits per heavy atom. The van der Waals surface area contributed by atoms with Gasteiger partial charge in [-0.25, -0.2) is 17.9 Å². The molecule has 0 spiro atoms. The lowest BCUT2D eigenvalue weighted by molar-refractivity contribution is 0.410. The first-order chi connectivity index (χ1) is 18.0. The van der Waals surface area contributed by atoms with Crippen molar-refractivity contribution < 1.29 is 8.42 Å². The monoisotopic (exact) mass is 523 g/mol. The van der Waals surface area contributed by atoms with Crippen LogP contribution in [0, 0.1) is 0 Å². The van der Waals surface area contributed by atoms with E-state index in [1.165, 1.54) is 25.7 Å². The third-order valence-corrected chi connectivity index (χ3v) is 10.1. The second-order valence-electron chi connectivity index (χ2n) is 10.9. The van der Waals surface area contributed by atoms with E-state index in [4.69, 9.17) is 15.8 Å².